The van der Waals surface area contributed by atoms with Crippen molar-refractivity contribution in [3.8, 4) is 11.3 Å². The number of hydrogen-bond acceptors (Lipinski definition) is 4. The fourth-order valence-electron chi connectivity index (χ4n) is 3.13. The van der Waals surface area contributed by atoms with Gasteiger partial charge in [0.25, 0.3) is 5.91 Å². The number of nitrogens with zero attached hydrogens (tertiary/aromatic N) is 2. The fraction of sp³-hybridized carbons (Fsp3) is 0.389. The molecule has 7 heteroatoms. The molecule has 0 bridgehead atoms. The van der Waals surface area contributed by atoms with E-state index in [2.05, 4.69) is 5.16 Å². The first-order chi connectivity index (χ1) is 12.0. The number of carbonyl (C=O) groups excluding carboxylic acids is 1. The summed E-state index contributed by atoms with van der Waals surface area (Å²) < 4.78 is 5.23. The largest absolute Gasteiger partial charge is 0.481 e. The molecule has 25 heavy (non-hydrogen) atoms. The molecule has 1 atom stereocenters. The van der Waals surface area contributed by atoms with Crippen molar-refractivity contribution >= 4 is 23.5 Å². The maximum Gasteiger partial charge on any atom is 0.303 e. The molecular formula is C18H19ClN2O4. The zero-order valence-electron chi connectivity index (χ0n) is 13.7. The molecule has 1 aliphatic rings. The van der Waals surface area contributed by atoms with Gasteiger partial charge in [0.15, 0.2) is 0 Å². The van der Waals surface area contributed by atoms with Gasteiger partial charge in [-0.2, -0.15) is 0 Å². The number of carboxylic acid groups (broad SMARTS) is 1. The molecule has 1 aromatic heterocycles. The molecule has 0 unspecified atom stereocenters. The van der Waals surface area contributed by atoms with Crippen molar-refractivity contribution in [3.05, 3.63) is 41.1 Å². The average Bonchev–Trinajstić information content (AvgIpc) is 3.10. The van der Waals surface area contributed by atoms with Crippen LogP contribution in [0.5, 0.6) is 0 Å². The van der Waals surface area contributed by atoms with Gasteiger partial charge >= 0.3 is 5.97 Å². The lowest BCUT2D eigenvalue weighted by atomic mass is 9.93. The number of aliphatic carboxylic acids is 1. The highest BCUT2D eigenvalue weighted by Gasteiger charge is 2.27. The third-order valence-corrected chi connectivity index (χ3v) is 4.65. The van der Waals surface area contributed by atoms with Gasteiger partial charge < -0.3 is 14.5 Å². The van der Waals surface area contributed by atoms with Gasteiger partial charge in [0.2, 0.25) is 5.76 Å². The standard InChI is InChI=1S/C18H19ClN2O4/c19-14-5-1-4-13(9-14)15-10-16(25-20-15)18(24)21-8-2-3-12(11-21)6-7-17(22)23/h1,4-5,9-10,12H,2-3,6-8,11H2,(H,22,23)/t12-/m1/s1. The third-order valence-electron chi connectivity index (χ3n) is 4.41. The van der Waals surface area contributed by atoms with E-state index in [0.29, 0.717) is 30.2 Å². The summed E-state index contributed by atoms with van der Waals surface area (Å²) in [6.07, 6.45) is 2.53. The number of carboxylic acids is 1. The fourth-order valence-corrected chi connectivity index (χ4v) is 3.32. The highest BCUT2D eigenvalue weighted by molar-refractivity contribution is 6.30. The smallest absolute Gasteiger partial charge is 0.303 e. The van der Waals surface area contributed by atoms with E-state index in [-0.39, 0.29) is 24.0 Å². The molecule has 132 valence electrons. The van der Waals surface area contributed by atoms with Crippen molar-refractivity contribution < 1.29 is 19.2 Å². The first-order valence-electron chi connectivity index (χ1n) is 8.26. The van der Waals surface area contributed by atoms with Crippen LogP contribution in [0.2, 0.25) is 5.02 Å². The van der Waals surface area contributed by atoms with Crippen LogP contribution in [0.25, 0.3) is 11.3 Å². The Morgan fingerprint density at radius 1 is 1.36 bits per heavy atom. The number of carbonyl (C=O) groups is 2. The summed E-state index contributed by atoms with van der Waals surface area (Å²) in [5.41, 5.74) is 1.35. The van der Waals surface area contributed by atoms with Crippen LogP contribution in [-0.2, 0) is 4.79 Å². The average molecular weight is 363 g/mol. The van der Waals surface area contributed by atoms with Crippen molar-refractivity contribution in [3.63, 3.8) is 0 Å². The topological polar surface area (TPSA) is 83.6 Å². The summed E-state index contributed by atoms with van der Waals surface area (Å²) in [6.45, 7) is 1.20. The predicted octanol–water partition coefficient (Wildman–Crippen LogP) is 3.71. The van der Waals surface area contributed by atoms with Gasteiger partial charge in [0.05, 0.1) is 0 Å². The Hall–Kier alpha value is -2.34. The Morgan fingerprint density at radius 2 is 2.20 bits per heavy atom. The number of benzene rings is 1. The number of rotatable bonds is 5. The number of amides is 1. The summed E-state index contributed by atoms with van der Waals surface area (Å²) in [4.78, 5) is 25.1. The molecule has 1 N–H and O–H groups in total. The zero-order chi connectivity index (χ0) is 17.8. The van der Waals surface area contributed by atoms with Crippen molar-refractivity contribution in [1.29, 1.82) is 0 Å². The van der Waals surface area contributed by atoms with Crippen LogP contribution in [0.15, 0.2) is 34.9 Å². The second kappa shape index (κ2) is 7.70. The molecule has 1 saturated heterocycles. The molecule has 0 saturated carbocycles. The summed E-state index contributed by atoms with van der Waals surface area (Å²) >= 11 is 5.98. The zero-order valence-corrected chi connectivity index (χ0v) is 14.4. The maximum absolute atomic E-state index is 12.6. The molecular weight excluding hydrogens is 344 g/mol. The number of halogens is 1. The van der Waals surface area contributed by atoms with E-state index in [1.165, 1.54) is 0 Å². The number of likely N-dealkylation sites (tertiary alicyclic amines) is 1. The lowest BCUT2D eigenvalue weighted by Gasteiger charge is -2.31. The Labute approximate surface area is 150 Å². The SMILES string of the molecule is O=C(O)CC[C@H]1CCCN(C(=O)c2cc(-c3cccc(Cl)c3)no2)C1. The van der Waals surface area contributed by atoms with E-state index in [9.17, 15) is 9.59 Å². The van der Waals surface area contributed by atoms with E-state index in [4.69, 9.17) is 21.2 Å². The molecule has 0 radical (unpaired) electrons. The van der Waals surface area contributed by atoms with Gasteiger partial charge in [-0.25, -0.2) is 0 Å². The van der Waals surface area contributed by atoms with Crippen molar-refractivity contribution in [2.45, 2.75) is 25.7 Å². The van der Waals surface area contributed by atoms with E-state index < -0.39 is 5.97 Å². The quantitative estimate of drug-likeness (QED) is 0.876. The molecule has 1 amide bonds. The third kappa shape index (κ3) is 4.39. The Morgan fingerprint density at radius 3 is 2.96 bits per heavy atom. The normalized spacial score (nSPS) is 17.5. The second-order valence-corrected chi connectivity index (χ2v) is 6.72. The van der Waals surface area contributed by atoms with Gasteiger partial charge in [-0.05, 0) is 37.3 Å². The minimum Gasteiger partial charge on any atom is -0.481 e. The van der Waals surface area contributed by atoms with Crippen LogP contribution in [-0.4, -0.2) is 40.1 Å². The van der Waals surface area contributed by atoms with Gasteiger partial charge in [-0.15, -0.1) is 0 Å². The van der Waals surface area contributed by atoms with Crippen LogP contribution in [0, 0.1) is 5.92 Å². The highest BCUT2D eigenvalue weighted by atomic mass is 35.5. The molecule has 6 nitrogen and oxygen atoms in total. The number of piperidine rings is 1. The van der Waals surface area contributed by atoms with Crippen LogP contribution < -0.4 is 0 Å². The number of aromatic nitrogens is 1. The highest BCUT2D eigenvalue weighted by Crippen LogP contribution is 2.25. The van der Waals surface area contributed by atoms with E-state index in [1.807, 2.05) is 12.1 Å². The van der Waals surface area contributed by atoms with Crippen molar-refractivity contribution in [1.82, 2.24) is 10.1 Å². The molecule has 1 fully saturated rings. The number of hydrogen-bond donors (Lipinski definition) is 1. The van der Waals surface area contributed by atoms with Gasteiger partial charge in [-0.3, -0.25) is 9.59 Å². The Kier molecular flexibility index (Phi) is 5.38. The first-order valence-corrected chi connectivity index (χ1v) is 8.64. The van der Waals surface area contributed by atoms with E-state index >= 15 is 0 Å². The molecule has 1 aliphatic heterocycles. The van der Waals surface area contributed by atoms with Crippen molar-refractivity contribution in [2.24, 2.45) is 5.92 Å². The van der Waals surface area contributed by atoms with Crippen LogP contribution in [0.3, 0.4) is 0 Å². The minimum absolute atomic E-state index is 0.133. The predicted molar refractivity (Wildman–Crippen MR) is 92.4 cm³/mol. The summed E-state index contributed by atoms with van der Waals surface area (Å²) in [5.74, 6) is -0.608. The molecule has 2 heterocycles. The second-order valence-electron chi connectivity index (χ2n) is 6.28. The van der Waals surface area contributed by atoms with Gasteiger partial charge in [-0.1, -0.05) is 28.9 Å². The van der Waals surface area contributed by atoms with E-state index in [1.54, 1.807) is 23.1 Å². The summed E-state index contributed by atoms with van der Waals surface area (Å²) in [6, 6.07) is 8.81. The molecule has 2 aromatic rings. The molecule has 3 rings (SSSR count). The van der Waals surface area contributed by atoms with E-state index in [0.717, 1.165) is 18.4 Å². The van der Waals surface area contributed by atoms with Gasteiger partial charge in [0, 0.05) is 36.2 Å². The monoisotopic (exact) mass is 362 g/mol. The van der Waals surface area contributed by atoms with Crippen LogP contribution in [0.1, 0.15) is 36.2 Å². The Bertz CT molecular complexity index is 774. The van der Waals surface area contributed by atoms with Crippen LogP contribution >= 0.6 is 11.6 Å². The Balaban J connectivity index is 1.67. The molecule has 1 aromatic carbocycles. The summed E-state index contributed by atoms with van der Waals surface area (Å²) in [7, 11) is 0. The maximum atomic E-state index is 12.6. The molecule has 0 aliphatic carbocycles. The summed E-state index contributed by atoms with van der Waals surface area (Å²) in [5, 5.41) is 13.4. The van der Waals surface area contributed by atoms with Crippen LogP contribution in [0.4, 0.5) is 0 Å². The van der Waals surface area contributed by atoms with Gasteiger partial charge in [0.1, 0.15) is 5.69 Å². The molecule has 0 spiro atoms. The first kappa shape index (κ1) is 17.5. The lowest BCUT2D eigenvalue weighted by molar-refractivity contribution is -0.137. The minimum atomic E-state index is -0.801. The van der Waals surface area contributed by atoms with Crippen molar-refractivity contribution in [2.75, 3.05) is 13.1 Å². The lowest BCUT2D eigenvalue weighted by Crippen LogP contribution is -2.39.